The fourth-order valence-corrected chi connectivity index (χ4v) is 1.77. The van der Waals surface area contributed by atoms with Gasteiger partial charge in [-0.2, -0.15) is 5.10 Å². The molecular formula is C13H17N3O. The molecule has 0 radical (unpaired) electrons. The van der Waals surface area contributed by atoms with Crippen molar-refractivity contribution < 1.29 is 5.11 Å². The van der Waals surface area contributed by atoms with E-state index in [1.54, 1.807) is 4.68 Å². The van der Waals surface area contributed by atoms with Crippen molar-refractivity contribution in [2.24, 2.45) is 7.05 Å². The zero-order valence-corrected chi connectivity index (χ0v) is 10.4. The van der Waals surface area contributed by atoms with Crippen molar-refractivity contribution in [2.45, 2.75) is 26.4 Å². The topological polar surface area (TPSA) is 50.9 Å². The molecular weight excluding hydrogens is 214 g/mol. The molecule has 1 N–H and O–H groups in total. The molecule has 0 aliphatic heterocycles. The van der Waals surface area contributed by atoms with Gasteiger partial charge in [0.05, 0.1) is 6.10 Å². The van der Waals surface area contributed by atoms with E-state index in [4.69, 9.17) is 0 Å². The van der Waals surface area contributed by atoms with Gasteiger partial charge in [-0.05, 0) is 30.5 Å². The van der Waals surface area contributed by atoms with Crippen LogP contribution >= 0.6 is 0 Å². The Kier molecular flexibility index (Phi) is 3.24. The van der Waals surface area contributed by atoms with Gasteiger partial charge in [0.2, 0.25) is 0 Å². The minimum absolute atomic E-state index is 0.485. The SMILES string of the molecule is Cc1ccc(C(O)Cc2ncnn2C)cc1C. The molecule has 1 aromatic heterocycles. The first kappa shape index (κ1) is 11.8. The van der Waals surface area contributed by atoms with Crippen LogP contribution in [0.2, 0.25) is 0 Å². The van der Waals surface area contributed by atoms with Crippen molar-refractivity contribution in [3.05, 3.63) is 47.0 Å². The number of nitrogens with zero attached hydrogens (tertiary/aromatic N) is 3. The number of aryl methyl sites for hydroxylation is 3. The average molecular weight is 231 g/mol. The Bertz CT molecular complexity index is 519. The van der Waals surface area contributed by atoms with E-state index in [2.05, 4.69) is 17.0 Å². The van der Waals surface area contributed by atoms with Gasteiger partial charge in [-0.1, -0.05) is 18.2 Å². The van der Waals surface area contributed by atoms with E-state index in [0.29, 0.717) is 6.42 Å². The second-order valence-corrected chi connectivity index (χ2v) is 4.36. The lowest BCUT2D eigenvalue weighted by Gasteiger charge is -2.12. The predicted molar refractivity (Wildman–Crippen MR) is 65.6 cm³/mol. The molecule has 0 aliphatic rings. The largest absolute Gasteiger partial charge is 0.388 e. The summed E-state index contributed by atoms with van der Waals surface area (Å²) in [4.78, 5) is 4.11. The van der Waals surface area contributed by atoms with Crippen LogP contribution in [-0.4, -0.2) is 19.9 Å². The number of aromatic nitrogens is 3. The highest BCUT2D eigenvalue weighted by atomic mass is 16.3. The lowest BCUT2D eigenvalue weighted by Crippen LogP contribution is -2.08. The van der Waals surface area contributed by atoms with Gasteiger partial charge >= 0.3 is 0 Å². The molecule has 1 unspecified atom stereocenters. The molecule has 0 saturated heterocycles. The molecule has 0 fully saturated rings. The molecule has 4 nitrogen and oxygen atoms in total. The normalized spacial score (nSPS) is 12.7. The first-order chi connectivity index (χ1) is 8.08. The molecule has 0 spiro atoms. The van der Waals surface area contributed by atoms with Crippen LogP contribution in [0.25, 0.3) is 0 Å². The van der Waals surface area contributed by atoms with Gasteiger partial charge < -0.3 is 5.11 Å². The highest BCUT2D eigenvalue weighted by molar-refractivity contribution is 5.31. The Morgan fingerprint density at radius 1 is 1.29 bits per heavy atom. The minimum Gasteiger partial charge on any atom is -0.388 e. The van der Waals surface area contributed by atoms with Crippen LogP contribution in [-0.2, 0) is 13.5 Å². The molecule has 0 bridgehead atoms. The maximum absolute atomic E-state index is 10.2. The third-order valence-electron chi connectivity index (χ3n) is 3.10. The molecule has 1 atom stereocenters. The molecule has 0 aliphatic carbocycles. The van der Waals surface area contributed by atoms with Crippen molar-refractivity contribution in [3.63, 3.8) is 0 Å². The van der Waals surface area contributed by atoms with Crippen LogP contribution in [0.5, 0.6) is 0 Å². The highest BCUT2D eigenvalue weighted by Crippen LogP contribution is 2.19. The Balaban J connectivity index is 2.17. The number of aliphatic hydroxyl groups excluding tert-OH is 1. The van der Waals surface area contributed by atoms with E-state index in [1.807, 2.05) is 32.2 Å². The molecule has 90 valence electrons. The summed E-state index contributed by atoms with van der Waals surface area (Å²) in [6.07, 6.45) is 1.46. The molecule has 4 heteroatoms. The maximum atomic E-state index is 10.2. The van der Waals surface area contributed by atoms with Crippen molar-refractivity contribution in [1.29, 1.82) is 0 Å². The molecule has 0 saturated carbocycles. The van der Waals surface area contributed by atoms with Crippen molar-refractivity contribution in [2.75, 3.05) is 0 Å². The van der Waals surface area contributed by atoms with Gasteiger partial charge in [-0.25, -0.2) is 4.98 Å². The number of hydrogen-bond acceptors (Lipinski definition) is 3. The van der Waals surface area contributed by atoms with Gasteiger partial charge in [-0.15, -0.1) is 0 Å². The Hall–Kier alpha value is -1.68. The Labute approximate surface area is 101 Å². The second-order valence-electron chi connectivity index (χ2n) is 4.36. The zero-order valence-electron chi connectivity index (χ0n) is 10.4. The number of hydrogen-bond donors (Lipinski definition) is 1. The minimum atomic E-state index is -0.530. The maximum Gasteiger partial charge on any atom is 0.138 e. The monoisotopic (exact) mass is 231 g/mol. The Morgan fingerprint density at radius 3 is 2.65 bits per heavy atom. The summed E-state index contributed by atoms with van der Waals surface area (Å²) in [5, 5.41) is 14.1. The van der Waals surface area contributed by atoms with Gasteiger partial charge in [-0.3, -0.25) is 4.68 Å². The number of aliphatic hydroxyl groups is 1. The van der Waals surface area contributed by atoms with Crippen molar-refractivity contribution in [3.8, 4) is 0 Å². The molecule has 1 aromatic carbocycles. The van der Waals surface area contributed by atoms with Crippen LogP contribution in [0.1, 0.15) is 28.6 Å². The van der Waals surface area contributed by atoms with Crippen LogP contribution in [0.3, 0.4) is 0 Å². The lowest BCUT2D eigenvalue weighted by atomic mass is 10.0. The van der Waals surface area contributed by atoms with E-state index in [0.717, 1.165) is 11.4 Å². The fourth-order valence-electron chi connectivity index (χ4n) is 1.77. The van der Waals surface area contributed by atoms with E-state index >= 15 is 0 Å². The summed E-state index contributed by atoms with van der Waals surface area (Å²) in [7, 11) is 1.83. The predicted octanol–water partition coefficient (Wildman–Crippen LogP) is 1.71. The number of rotatable bonds is 3. The van der Waals surface area contributed by atoms with E-state index in [-0.39, 0.29) is 0 Å². The summed E-state index contributed by atoms with van der Waals surface area (Å²) in [5.74, 6) is 0.788. The highest BCUT2D eigenvalue weighted by Gasteiger charge is 2.12. The van der Waals surface area contributed by atoms with Gasteiger partial charge in [0, 0.05) is 13.5 Å². The van der Waals surface area contributed by atoms with Crippen LogP contribution in [0, 0.1) is 13.8 Å². The number of benzene rings is 1. The van der Waals surface area contributed by atoms with Crippen molar-refractivity contribution >= 4 is 0 Å². The van der Waals surface area contributed by atoms with E-state index in [1.165, 1.54) is 17.5 Å². The van der Waals surface area contributed by atoms with Gasteiger partial charge in [0.1, 0.15) is 12.2 Å². The summed E-state index contributed by atoms with van der Waals surface area (Å²) in [6, 6.07) is 6.02. The van der Waals surface area contributed by atoms with Crippen LogP contribution in [0.15, 0.2) is 24.5 Å². The lowest BCUT2D eigenvalue weighted by molar-refractivity contribution is 0.174. The molecule has 0 amide bonds. The summed E-state index contributed by atoms with van der Waals surface area (Å²) in [6.45, 7) is 4.11. The smallest absolute Gasteiger partial charge is 0.138 e. The summed E-state index contributed by atoms with van der Waals surface area (Å²) in [5.41, 5.74) is 3.36. The fraction of sp³-hybridized carbons (Fsp3) is 0.385. The summed E-state index contributed by atoms with van der Waals surface area (Å²) >= 11 is 0. The molecule has 17 heavy (non-hydrogen) atoms. The van der Waals surface area contributed by atoms with Crippen molar-refractivity contribution in [1.82, 2.24) is 14.8 Å². The van der Waals surface area contributed by atoms with E-state index < -0.39 is 6.10 Å². The molecule has 2 rings (SSSR count). The van der Waals surface area contributed by atoms with E-state index in [9.17, 15) is 5.11 Å². The van der Waals surface area contributed by atoms with Crippen LogP contribution < -0.4 is 0 Å². The van der Waals surface area contributed by atoms with Crippen LogP contribution in [0.4, 0.5) is 0 Å². The quantitative estimate of drug-likeness (QED) is 0.874. The standard InChI is InChI=1S/C13H17N3O/c1-9-4-5-11(6-10(9)2)12(17)7-13-14-8-15-16(13)3/h4-6,8,12,17H,7H2,1-3H3. The molecule has 1 heterocycles. The molecule has 2 aromatic rings. The third-order valence-corrected chi connectivity index (χ3v) is 3.10. The van der Waals surface area contributed by atoms with Gasteiger partial charge in [0.25, 0.3) is 0 Å². The van der Waals surface area contributed by atoms with Gasteiger partial charge in [0.15, 0.2) is 0 Å². The summed E-state index contributed by atoms with van der Waals surface area (Å²) < 4.78 is 1.68. The first-order valence-electron chi connectivity index (χ1n) is 5.66. The first-order valence-corrected chi connectivity index (χ1v) is 5.66. The second kappa shape index (κ2) is 4.67. The Morgan fingerprint density at radius 2 is 2.06 bits per heavy atom. The average Bonchev–Trinajstić information content (AvgIpc) is 2.68. The zero-order chi connectivity index (χ0) is 12.4. The third kappa shape index (κ3) is 2.53.